The molecule has 4 nitrogen and oxygen atoms in total. The normalized spacial score (nSPS) is 12.1. The van der Waals surface area contributed by atoms with E-state index in [1.54, 1.807) is 18.4 Å². The van der Waals surface area contributed by atoms with E-state index in [0.29, 0.717) is 6.54 Å². The maximum atomic E-state index is 5.41. The number of fused-ring (bicyclic) bond motifs is 1. The Kier molecular flexibility index (Phi) is 3.54. The molecule has 2 heterocycles. The number of methoxy groups -OCH3 is 1. The van der Waals surface area contributed by atoms with Crippen LogP contribution in [0.15, 0.2) is 5.38 Å². The molecule has 0 atom stereocenters. The van der Waals surface area contributed by atoms with E-state index < -0.39 is 0 Å². The molecule has 0 amide bonds. The first-order valence-electron chi connectivity index (χ1n) is 5.94. The monoisotopic (exact) mass is 265 g/mol. The summed E-state index contributed by atoms with van der Waals surface area (Å²) in [6, 6.07) is 0. The van der Waals surface area contributed by atoms with Crippen molar-refractivity contribution in [1.29, 1.82) is 0 Å². The van der Waals surface area contributed by atoms with Gasteiger partial charge in [-0.05, 0) is 38.6 Å². The molecule has 1 N–H and O–H groups in total. The largest absolute Gasteiger partial charge is 0.377 e. The van der Waals surface area contributed by atoms with Crippen molar-refractivity contribution in [2.75, 3.05) is 19.0 Å². The molecule has 2 aromatic heterocycles. The van der Waals surface area contributed by atoms with E-state index in [4.69, 9.17) is 4.74 Å². The van der Waals surface area contributed by atoms with Crippen molar-refractivity contribution >= 4 is 27.4 Å². The average molecular weight is 265 g/mol. The third kappa shape index (κ3) is 2.62. The standard InChI is InChI=1S/C13H19N3OS/c1-8-6-18-12-10(8)11(15-9(2)16-12)14-7-13(3,4)17-5/h6H,7H2,1-5H3,(H,14,15,16). The highest BCUT2D eigenvalue weighted by Gasteiger charge is 2.18. The van der Waals surface area contributed by atoms with Crippen molar-refractivity contribution in [3.05, 3.63) is 16.8 Å². The summed E-state index contributed by atoms with van der Waals surface area (Å²) in [5, 5.41) is 6.62. The third-order valence-corrected chi connectivity index (χ3v) is 3.95. The van der Waals surface area contributed by atoms with Crippen LogP contribution in [-0.2, 0) is 4.74 Å². The zero-order chi connectivity index (χ0) is 13.3. The molecule has 2 rings (SSSR count). The van der Waals surface area contributed by atoms with Gasteiger partial charge in [0.15, 0.2) is 0 Å². The maximum Gasteiger partial charge on any atom is 0.138 e. The highest BCUT2D eigenvalue weighted by molar-refractivity contribution is 7.17. The van der Waals surface area contributed by atoms with Crippen LogP contribution in [-0.4, -0.2) is 29.2 Å². The SMILES string of the molecule is COC(C)(C)CNc1nc(C)nc2scc(C)c12. The maximum absolute atomic E-state index is 5.41. The van der Waals surface area contributed by atoms with E-state index >= 15 is 0 Å². The van der Waals surface area contributed by atoms with E-state index in [1.807, 2.05) is 20.8 Å². The number of thiophene rings is 1. The van der Waals surface area contributed by atoms with Gasteiger partial charge in [-0.25, -0.2) is 9.97 Å². The molecule has 5 heteroatoms. The van der Waals surface area contributed by atoms with E-state index in [9.17, 15) is 0 Å². The first-order chi connectivity index (χ1) is 8.43. The van der Waals surface area contributed by atoms with Crippen molar-refractivity contribution < 1.29 is 4.74 Å². The zero-order valence-electron chi connectivity index (χ0n) is 11.5. The Morgan fingerprint density at radius 1 is 1.33 bits per heavy atom. The smallest absolute Gasteiger partial charge is 0.138 e. The van der Waals surface area contributed by atoms with Crippen LogP contribution in [0.3, 0.4) is 0 Å². The van der Waals surface area contributed by atoms with Gasteiger partial charge in [0.2, 0.25) is 0 Å². The van der Waals surface area contributed by atoms with E-state index in [1.165, 1.54) is 5.56 Å². The van der Waals surface area contributed by atoms with Gasteiger partial charge in [0, 0.05) is 13.7 Å². The lowest BCUT2D eigenvalue weighted by Gasteiger charge is -2.23. The molecule has 0 saturated heterocycles. The molecule has 98 valence electrons. The Balaban J connectivity index is 2.35. The third-order valence-electron chi connectivity index (χ3n) is 2.96. The molecule has 0 spiro atoms. The average Bonchev–Trinajstić information content (AvgIpc) is 2.68. The molecular weight excluding hydrogens is 246 g/mol. The molecule has 0 radical (unpaired) electrons. The van der Waals surface area contributed by atoms with Gasteiger partial charge in [0.05, 0.1) is 11.0 Å². The lowest BCUT2D eigenvalue weighted by Crippen LogP contribution is -2.32. The summed E-state index contributed by atoms with van der Waals surface area (Å²) in [6.45, 7) is 8.81. The molecule has 0 bridgehead atoms. The summed E-state index contributed by atoms with van der Waals surface area (Å²) >= 11 is 1.66. The van der Waals surface area contributed by atoms with Crippen molar-refractivity contribution in [1.82, 2.24) is 9.97 Å². The van der Waals surface area contributed by atoms with Crippen LogP contribution < -0.4 is 5.32 Å². The summed E-state index contributed by atoms with van der Waals surface area (Å²) in [5.74, 6) is 1.70. The molecule has 0 aliphatic rings. The molecule has 18 heavy (non-hydrogen) atoms. The van der Waals surface area contributed by atoms with E-state index in [0.717, 1.165) is 21.9 Å². The van der Waals surface area contributed by atoms with Gasteiger partial charge >= 0.3 is 0 Å². The van der Waals surface area contributed by atoms with Gasteiger partial charge in [-0.15, -0.1) is 11.3 Å². The lowest BCUT2D eigenvalue weighted by molar-refractivity contribution is 0.0343. The quantitative estimate of drug-likeness (QED) is 0.922. The van der Waals surface area contributed by atoms with Crippen LogP contribution in [0.2, 0.25) is 0 Å². The summed E-state index contributed by atoms with van der Waals surface area (Å²) < 4.78 is 5.41. The number of nitrogens with zero attached hydrogens (tertiary/aromatic N) is 2. The Hall–Kier alpha value is -1.20. The Morgan fingerprint density at radius 2 is 2.06 bits per heavy atom. The molecule has 0 fully saturated rings. The summed E-state index contributed by atoms with van der Waals surface area (Å²) in [5.41, 5.74) is 1.00. The van der Waals surface area contributed by atoms with Crippen LogP contribution in [0, 0.1) is 13.8 Å². The molecule has 0 saturated carbocycles. The minimum Gasteiger partial charge on any atom is -0.377 e. The number of hydrogen-bond acceptors (Lipinski definition) is 5. The molecule has 0 aliphatic carbocycles. The van der Waals surface area contributed by atoms with Crippen LogP contribution in [0.4, 0.5) is 5.82 Å². The highest BCUT2D eigenvalue weighted by Crippen LogP contribution is 2.29. The van der Waals surface area contributed by atoms with E-state index in [2.05, 4.69) is 27.6 Å². The van der Waals surface area contributed by atoms with Gasteiger partial charge in [0.1, 0.15) is 16.5 Å². The Bertz CT molecular complexity index is 563. The number of rotatable bonds is 4. The fourth-order valence-electron chi connectivity index (χ4n) is 1.69. The molecule has 0 aromatic carbocycles. The van der Waals surface area contributed by atoms with E-state index in [-0.39, 0.29) is 5.60 Å². The summed E-state index contributed by atoms with van der Waals surface area (Å²) in [7, 11) is 1.72. The predicted octanol–water partition coefficient (Wildman–Crippen LogP) is 3.15. The fraction of sp³-hybridized carbons (Fsp3) is 0.538. The predicted molar refractivity (Wildman–Crippen MR) is 76.5 cm³/mol. The molecule has 0 aliphatic heterocycles. The van der Waals surface area contributed by atoms with Crippen LogP contribution in [0.25, 0.3) is 10.2 Å². The van der Waals surface area contributed by atoms with Gasteiger partial charge in [-0.3, -0.25) is 0 Å². The topological polar surface area (TPSA) is 47.0 Å². The van der Waals surface area contributed by atoms with Crippen molar-refractivity contribution in [3.8, 4) is 0 Å². The van der Waals surface area contributed by atoms with Crippen molar-refractivity contribution in [2.45, 2.75) is 33.3 Å². The zero-order valence-corrected chi connectivity index (χ0v) is 12.3. The first-order valence-corrected chi connectivity index (χ1v) is 6.82. The van der Waals surface area contributed by atoms with Crippen LogP contribution in [0.1, 0.15) is 25.2 Å². The lowest BCUT2D eigenvalue weighted by atomic mass is 10.1. The van der Waals surface area contributed by atoms with Gasteiger partial charge in [-0.1, -0.05) is 0 Å². The number of anilines is 1. The minimum absolute atomic E-state index is 0.213. The molecular formula is C13H19N3OS. The minimum atomic E-state index is -0.213. The fourth-order valence-corrected chi connectivity index (χ4v) is 2.65. The van der Waals surface area contributed by atoms with Gasteiger partial charge < -0.3 is 10.1 Å². The summed E-state index contributed by atoms with van der Waals surface area (Å²) in [4.78, 5) is 10.00. The second-order valence-electron chi connectivity index (χ2n) is 5.04. The molecule has 0 unspecified atom stereocenters. The Morgan fingerprint density at radius 3 is 2.72 bits per heavy atom. The number of aromatic nitrogens is 2. The number of ether oxygens (including phenoxy) is 1. The summed E-state index contributed by atoms with van der Waals surface area (Å²) in [6.07, 6.45) is 0. The number of aryl methyl sites for hydroxylation is 2. The highest BCUT2D eigenvalue weighted by atomic mass is 32.1. The number of hydrogen-bond donors (Lipinski definition) is 1. The number of nitrogens with one attached hydrogen (secondary N) is 1. The molecule has 2 aromatic rings. The first kappa shape index (κ1) is 13.2. The van der Waals surface area contributed by atoms with Crippen molar-refractivity contribution in [2.24, 2.45) is 0 Å². The Labute approximate surface area is 111 Å². The van der Waals surface area contributed by atoms with Gasteiger partial charge in [0.25, 0.3) is 0 Å². The van der Waals surface area contributed by atoms with Gasteiger partial charge in [-0.2, -0.15) is 0 Å². The van der Waals surface area contributed by atoms with Crippen molar-refractivity contribution in [3.63, 3.8) is 0 Å². The second-order valence-corrected chi connectivity index (χ2v) is 5.89. The van der Waals surface area contributed by atoms with Crippen LogP contribution in [0.5, 0.6) is 0 Å². The van der Waals surface area contributed by atoms with Crippen LogP contribution >= 0.6 is 11.3 Å². The second kappa shape index (κ2) is 4.82.